The number of nitrogens with one attached hydrogen (secondary N) is 1. The normalized spacial score (nSPS) is 20.3. The van der Waals surface area contributed by atoms with Gasteiger partial charge >= 0.3 is 0 Å². The zero-order chi connectivity index (χ0) is 10.5. The number of morpholine rings is 1. The molecule has 0 bridgehead atoms. The summed E-state index contributed by atoms with van der Waals surface area (Å²) in [5.74, 6) is 1.03. The van der Waals surface area contributed by atoms with Crippen LogP contribution in [0.3, 0.4) is 0 Å². The Morgan fingerprint density at radius 2 is 2.27 bits per heavy atom. The fourth-order valence-corrected chi connectivity index (χ4v) is 1.97. The number of hydrogen-bond acceptors (Lipinski definition) is 4. The van der Waals surface area contributed by atoms with Crippen molar-refractivity contribution in [3.63, 3.8) is 0 Å². The summed E-state index contributed by atoms with van der Waals surface area (Å²) >= 11 is 0. The van der Waals surface area contributed by atoms with Crippen LogP contribution < -0.4 is 5.32 Å². The maximum atomic E-state index is 5.48. The minimum Gasteiger partial charge on any atom is -0.468 e. The van der Waals surface area contributed by atoms with Gasteiger partial charge in [0, 0.05) is 19.6 Å². The van der Waals surface area contributed by atoms with Gasteiger partial charge in [-0.25, -0.2) is 0 Å². The molecule has 1 aromatic rings. The molecule has 15 heavy (non-hydrogen) atoms. The summed E-state index contributed by atoms with van der Waals surface area (Å²) in [5.41, 5.74) is 0. The maximum absolute atomic E-state index is 5.48. The molecule has 1 aliphatic heterocycles. The van der Waals surface area contributed by atoms with Gasteiger partial charge in [-0.05, 0) is 19.2 Å². The summed E-state index contributed by atoms with van der Waals surface area (Å²) in [4.78, 5) is 2.40. The number of likely N-dealkylation sites (N-methyl/N-ethyl adjacent to an activating group) is 1. The summed E-state index contributed by atoms with van der Waals surface area (Å²) < 4.78 is 10.8. The minimum absolute atomic E-state index is 0.328. The van der Waals surface area contributed by atoms with Crippen LogP contribution in [0, 0.1) is 0 Å². The molecule has 1 N–H and O–H groups in total. The van der Waals surface area contributed by atoms with Gasteiger partial charge in [-0.2, -0.15) is 0 Å². The third kappa shape index (κ3) is 2.59. The van der Waals surface area contributed by atoms with E-state index in [4.69, 9.17) is 9.15 Å². The van der Waals surface area contributed by atoms with Crippen molar-refractivity contribution in [3.8, 4) is 0 Å². The zero-order valence-corrected chi connectivity index (χ0v) is 9.11. The van der Waals surface area contributed by atoms with Crippen molar-refractivity contribution >= 4 is 0 Å². The van der Waals surface area contributed by atoms with Crippen LogP contribution in [-0.4, -0.2) is 44.8 Å². The fraction of sp³-hybridized carbons (Fsp3) is 0.636. The van der Waals surface area contributed by atoms with Crippen molar-refractivity contribution in [3.05, 3.63) is 24.2 Å². The van der Waals surface area contributed by atoms with Crippen molar-refractivity contribution in [1.29, 1.82) is 0 Å². The number of nitrogens with zero attached hydrogens (tertiary/aromatic N) is 1. The van der Waals surface area contributed by atoms with Crippen LogP contribution in [0.2, 0.25) is 0 Å². The van der Waals surface area contributed by atoms with Crippen LogP contribution in [0.4, 0.5) is 0 Å². The van der Waals surface area contributed by atoms with Crippen molar-refractivity contribution in [2.75, 3.05) is 39.9 Å². The first kappa shape index (κ1) is 10.7. The summed E-state index contributed by atoms with van der Waals surface area (Å²) in [6.07, 6.45) is 1.73. The molecule has 0 spiro atoms. The summed E-state index contributed by atoms with van der Waals surface area (Å²) in [5, 5.41) is 3.21. The molecule has 1 saturated heterocycles. The van der Waals surface area contributed by atoms with Gasteiger partial charge < -0.3 is 14.5 Å². The van der Waals surface area contributed by atoms with E-state index < -0.39 is 0 Å². The lowest BCUT2D eigenvalue weighted by atomic mass is 10.1. The predicted octanol–water partition coefficient (Wildman–Crippen LogP) is 0.872. The Morgan fingerprint density at radius 1 is 1.47 bits per heavy atom. The Labute approximate surface area is 90.2 Å². The molecule has 4 heteroatoms. The minimum atomic E-state index is 0.328. The van der Waals surface area contributed by atoms with E-state index in [-0.39, 0.29) is 0 Å². The smallest absolute Gasteiger partial charge is 0.122 e. The van der Waals surface area contributed by atoms with E-state index in [1.54, 1.807) is 6.26 Å². The molecule has 0 aliphatic carbocycles. The second-order valence-electron chi connectivity index (χ2n) is 3.74. The molecule has 2 rings (SSSR count). The maximum Gasteiger partial charge on any atom is 0.122 e. The number of rotatable bonds is 4. The standard InChI is InChI=1S/C11H18N2O2/c1-12-9-10(11-3-2-6-15-11)13-4-7-14-8-5-13/h2-3,6,10,12H,4-5,7-9H2,1H3/t10-/m1/s1. The second-order valence-corrected chi connectivity index (χ2v) is 3.74. The highest BCUT2D eigenvalue weighted by atomic mass is 16.5. The predicted molar refractivity (Wildman–Crippen MR) is 57.8 cm³/mol. The number of hydrogen-bond donors (Lipinski definition) is 1. The van der Waals surface area contributed by atoms with Crippen LogP contribution in [-0.2, 0) is 4.74 Å². The van der Waals surface area contributed by atoms with E-state index in [1.165, 1.54) is 0 Å². The highest BCUT2D eigenvalue weighted by Crippen LogP contribution is 2.21. The van der Waals surface area contributed by atoms with Crippen molar-refractivity contribution < 1.29 is 9.15 Å². The SMILES string of the molecule is CNC[C@H](c1ccco1)N1CCOCC1. The lowest BCUT2D eigenvalue weighted by Crippen LogP contribution is -2.42. The third-order valence-electron chi connectivity index (χ3n) is 2.76. The average Bonchev–Trinajstić information content (AvgIpc) is 2.80. The zero-order valence-electron chi connectivity index (χ0n) is 9.11. The monoisotopic (exact) mass is 210 g/mol. The molecule has 1 atom stereocenters. The first-order valence-corrected chi connectivity index (χ1v) is 5.41. The van der Waals surface area contributed by atoms with Gasteiger partial charge in [-0.1, -0.05) is 0 Å². The topological polar surface area (TPSA) is 37.6 Å². The molecule has 1 aromatic heterocycles. The molecule has 0 radical (unpaired) electrons. The quantitative estimate of drug-likeness (QED) is 0.800. The highest BCUT2D eigenvalue weighted by molar-refractivity contribution is 5.05. The van der Waals surface area contributed by atoms with E-state index in [2.05, 4.69) is 10.2 Å². The Balaban J connectivity index is 2.04. The first-order chi connectivity index (χ1) is 7.42. The van der Waals surface area contributed by atoms with Gasteiger partial charge in [0.25, 0.3) is 0 Å². The second kappa shape index (κ2) is 5.30. The van der Waals surface area contributed by atoms with E-state index in [0.717, 1.165) is 38.6 Å². The van der Waals surface area contributed by atoms with Gasteiger partial charge in [0.1, 0.15) is 5.76 Å². The molecular weight excluding hydrogens is 192 g/mol. The van der Waals surface area contributed by atoms with E-state index in [9.17, 15) is 0 Å². The van der Waals surface area contributed by atoms with Crippen LogP contribution in [0.15, 0.2) is 22.8 Å². The first-order valence-electron chi connectivity index (χ1n) is 5.41. The van der Waals surface area contributed by atoms with Gasteiger partial charge in [-0.15, -0.1) is 0 Å². The molecule has 0 unspecified atom stereocenters. The average molecular weight is 210 g/mol. The fourth-order valence-electron chi connectivity index (χ4n) is 1.97. The lowest BCUT2D eigenvalue weighted by Gasteiger charge is -2.33. The van der Waals surface area contributed by atoms with E-state index in [0.29, 0.717) is 6.04 Å². The summed E-state index contributed by atoms with van der Waals surface area (Å²) in [6, 6.07) is 4.31. The lowest BCUT2D eigenvalue weighted by molar-refractivity contribution is 0.0121. The summed E-state index contributed by atoms with van der Waals surface area (Å²) in [7, 11) is 1.97. The molecule has 0 saturated carbocycles. The largest absolute Gasteiger partial charge is 0.468 e. The van der Waals surface area contributed by atoms with Crippen molar-refractivity contribution in [2.45, 2.75) is 6.04 Å². The molecule has 4 nitrogen and oxygen atoms in total. The molecule has 0 amide bonds. The molecule has 1 aliphatic rings. The van der Waals surface area contributed by atoms with Crippen molar-refractivity contribution in [2.24, 2.45) is 0 Å². The van der Waals surface area contributed by atoms with Gasteiger partial charge in [0.15, 0.2) is 0 Å². The van der Waals surface area contributed by atoms with Gasteiger partial charge in [0.05, 0.1) is 25.5 Å². The molecule has 0 aromatic carbocycles. The molecule has 84 valence electrons. The van der Waals surface area contributed by atoms with Crippen LogP contribution in [0.25, 0.3) is 0 Å². The third-order valence-corrected chi connectivity index (χ3v) is 2.76. The van der Waals surface area contributed by atoms with Crippen LogP contribution in [0.5, 0.6) is 0 Å². The molecular formula is C11H18N2O2. The Bertz CT molecular complexity index is 268. The van der Waals surface area contributed by atoms with E-state index >= 15 is 0 Å². The molecule has 2 heterocycles. The van der Waals surface area contributed by atoms with Gasteiger partial charge in [0.2, 0.25) is 0 Å². The van der Waals surface area contributed by atoms with Crippen molar-refractivity contribution in [1.82, 2.24) is 10.2 Å². The van der Waals surface area contributed by atoms with Crippen LogP contribution in [0.1, 0.15) is 11.8 Å². The Morgan fingerprint density at radius 3 is 2.87 bits per heavy atom. The van der Waals surface area contributed by atoms with E-state index in [1.807, 2.05) is 19.2 Å². The summed E-state index contributed by atoms with van der Waals surface area (Å²) in [6.45, 7) is 4.51. The van der Waals surface area contributed by atoms with Crippen LogP contribution >= 0.6 is 0 Å². The van der Waals surface area contributed by atoms with Gasteiger partial charge in [-0.3, -0.25) is 4.90 Å². The Kier molecular flexibility index (Phi) is 3.77. The Hall–Kier alpha value is -0.840. The number of furan rings is 1. The molecule has 1 fully saturated rings. The number of ether oxygens (including phenoxy) is 1. The highest BCUT2D eigenvalue weighted by Gasteiger charge is 2.23.